The maximum atomic E-state index is 10.7. The van der Waals surface area contributed by atoms with Crippen molar-refractivity contribution in [2.24, 2.45) is 0 Å². The molecule has 0 saturated carbocycles. The van der Waals surface area contributed by atoms with Crippen LogP contribution in [0.2, 0.25) is 0 Å². The lowest BCUT2D eigenvalue weighted by atomic mass is 10.3. The molecule has 102 valence electrons. The summed E-state index contributed by atoms with van der Waals surface area (Å²) < 4.78 is 1.99. The lowest BCUT2D eigenvalue weighted by Gasteiger charge is -2.13. The zero-order chi connectivity index (χ0) is 14.0. The van der Waals surface area contributed by atoms with Crippen LogP contribution < -0.4 is 0 Å². The molecule has 0 radical (unpaired) electrons. The highest BCUT2D eigenvalue weighted by Gasteiger charge is 2.17. The fourth-order valence-electron chi connectivity index (χ4n) is 1.69. The predicted octanol–water partition coefficient (Wildman–Crippen LogP) is 2.74. The Hall–Kier alpha value is -1.34. The van der Waals surface area contributed by atoms with Crippen molar-refractivity contribution in [3.05, 3.63) is 28.0 Å². The highest BCUT2D eigenvalue weighted by atomic mass is 32.2. The van der Waals surface area contributed by atoms with E-state index in [1.807, 2.05) is 37.7 Å². The molecular formula is C12H15N3O2S2. The predicted molar refractivity (Wildman–Crippen MR) is 76.0 cm³/mol. The van der Waals surface area contributed by atoms with Crippen molar-refractivity contribution in [2.45, 2.75) is 32.0 Å². The number of thiazole rings is 1. The number of aromatic nitrogens is 3. The van der Waals surface area contributed by atoms with Gasteiger partial charge in [0.1, 0.15) is 5.01 Å². The highest BCUT2D eigenvalue weighted by molar-refractivity contribution is 7.99. The Morgan fingerprint density at radius 3 is 2.89 bits per heavy atom. The topological polar surface area (TPSA) is 68.0 Å². The van der Waals surface area contributed by atoms with Crippen molar-refractivity contribution in [1.29, 1.82) is 0 Å². The van der Waals surface area contributed by atoms with Gasteiger partial charge in [-0.2, -0.15) is 0 Å². The first-order valence-electron chi connectivity index (χ1n) is 5.79. The third kappa shape index (κ3) is 3.36. The summed E-state index contributed by atoms with van der Waals surface area (Å²) in [6.07, 6.45) is 3.79. The number of aliphatic carboxylic acids is 1. The van der Waals surface area contributed by atoms with Gasteiger partial charge in [-0.3, -0.25) is 4.79 Å². The van der Waals surface area contributed by atoms with E-state index >= 15 is 0 Å². The molecule has 0 amide bonds. The van der Waals surface area contributed by atoms with Crippen LogP contribution in [0.5, 0.6) is 0 Å². The molecule has 1 N–H and O–H groups in total. The number of hydrogen-bond donors (Lipinski definition) is 1. The molecule has 0 aliphatic rings. The Balaban J connectivity index is 2.25. The zero-order valence-corrected chi connectivity index (χ0v) is 12.6. The first-order valence-corrected chi connectivity index (χ1v) is 7.60. The molecule has 0 aliphatic heterocycles. The van der Waals surface area contributed by atoms with Crippen LogP contribution in [0.1, 0.15) is 28.5 Å². The molecule has 1 atom stereocenters. The van der Waals surface area contributed by atoms with Crippen LogP contribution >= 0.6 is 23.1 Å². The van der Waals surface area contributed by atoms with Gasteiger partial charge in [0.05, 0.1) is 17.5 Å². The van der Waals surface area contributed by atoms with Crippen molar-refractivity contribution in [1.82, 2.24) is 14.5 Å². The Labute approximate surface area is 119 Å². The molecule has 19 heavy (non-hydrogen) atoms. The van der Waals surface area contributed by atoms with E-state index in [2.05, 4.69) is 9.97 Å². The summed E-state index contributed by atoms with van der Waals surface area (Å²) in [5.74, 6) is -0.824. The summed E-state index contributed by atoms with van der Waals surface area (Å²) in [5.41, 5.74) is 0.882. The second-order valence-electron chi connectivity index (χ2n) is 4.24. The fraction of sp³-hybridized carbons (Fsp3) is 0.417. The minimum atomic E-state index is -0.838. The van der Waals surface area contributed by atoms with E-state index in [1.54, 1.807) is 11.3 Å². The van der Waals surface area contributed by atoms with Crippen LogP contribution in [0.3, 0.4) is 0 Å². The highest BCUT2D eigenvalue weighted by Crippen LogP contribution is 2.28. The summed E-state index contributed by atoms with van der Waals surface area (Å²) in [7, 11) is 0. The van der Waals surface area contributed by atoms with E-state index in [4.69, 9.17) is 5.11 Å². The molecule has 0 saturated heterocycles. The minimum absolute atomic E-state index is 0.0140. The smallest absolute Gasteiger partial charge is 0.313 e. The summed E-state index contributed by atoms with van der Waals surface area (Å²) >= 11 is 2.88. The number of thioether (sulfide) groups is 1. The monoisotopic (exact) mass is 297 g/mol. The third-order valence-corrected chi connectivity index (χ3v) is 4.59. The molecule has 0 bridgehead atoms. The van der Waals surface area contributed by atoms with Gasteiger partial charge in [-0.25, -0.2) is 9.97 Å². The molecule has 2 heterocycles. The van der Waals surface area contributed by atoms with E-state index in [0.29, 0.717) is 0 Å². The molecule has 5 nitrogen and oxygen atoms in total. The van der Waals surface area contributed by atoms with Gasteiger partial charge in [0, 0.05) is 17.3 Å². The normalized spacial score (nSPS) is 12.6. The standard InChI is InChI=1S/C12H15N3O2S2/c1-7-5-15(12(14-7)18-6-10(16)17)9(3)11-13-4-8(2)19-11/h4-5,9H,6H2,1-3H3,(H,16,17). The average molecular weight is 297 g/mol. The molecule has 2 aromatic rings. The summed E-state index contributed by atoms with van der Waals surface area (Å²) in [6, 6.07) is 0.0659. The van der Waals surface area contributed by atoms with Gasteiger partial charge in [0.2, 0.25) is 0 Å². The number of hydrogen-bond acceptors (Lipinski definition) is 5. The van der Waals surface area contributed by atoms with Crippen molar-refractivity contribution in [3.8, 4) is 0 Å². The van der Waals surface area contributed by atoms with E-state index in [0.717, 1.165) is 15.9 Å². The maximum Gasteiger partial charge on any atom is 0.313 e. The van der Waals surface area contributed by atoms with E-state index in [9.17, 15) is 4.79 Å². The van der Waals surface area contributed by atoms with Gasteiger partial charge >= 0.3 is 5.97 Å². The van der Waals surface area contributed by atoms with Crippen molar-refractivity contribution in [2.75, 3.05) is 5.75 Å². The number of rotatable bonds is 5. The Kier molecular flexibility index (Phi) is 4.26. The zero-order valence-electron chi connectivity index (χ0n) is 11.0. The molecule has 0 fully saturated rings. The molecule has 0 aliphatic carbocycles. The van der Waals surface area contributed by atoms with Crippen LogP contribution in [-0.4, -0.2) is 31.4 Å². The first-order chi connectivity index (χ1) is 8.97. The largest absolute Gasteiger partial charge is 0.481 e. The summed E-state index contributed by atoms with van der Waals surface area (Å²) in [4.78, 5) is 20.6. The molecular weight excluding hydrogens is 282 g/mol. The molecule has 7 heteroatoms. The van der Waals surface area contributed by atoms with E-state index in [1.165, 1.54) is 16.6 Å². The van der Waals surface area contributed by atoms with E-state index in [-0.39, 0.29) is 11.8 Å². The Bertz CT molecular complexity index is 592. The van der Waals surface area contributed by atoms with Gasteiger partial charge in [-0.05, 0) is 20.8 Å². The molecule has 1 unspecified atom stereocenters. The van der Waals surface area contributed by atoms with Gasteiger partial charge in [0.25, 0.3) is 0 Å². The number of carboxylic acids is 1. The van der Waals surface area contributed by atoms with Crippen LogP contribution in [0, 0.1) is 13.8 Å². The maximum absolute atomic E-state index is 10.7. The fourth-order valence-corrected chi connectivity index (χ4v) is 3.33. The summed E-state index contributed by atoms with van der Waals surface area (Å²) in [5, 5.41) is 10.5. The second-order valence-corrected chi connectivity index (χ2v) is 6.45. The SMILES string of the molecule is Cc1cn(C(C)c2ncc(C)s2)c(SCC(=O)O)n1. The lowest BCUT2D eigenvalue weighted by Crippen LogP contribution is -2.08. The third-order valence-electron chi connectivity index (χ3n) is 2.56. The van der Waals surface area contributed by atoms with E-state index < -0.39 is 5.97 Å². The average Bonchev–Trinajstić information content (AvgIpc) is 2.92. The first kappa shape index (κ1) is 14.1. The van der Waals surface area contributed by atoms with Gasteiger partial charge in [-0.15, -0.1) is 11.3 Å². The molecule has 0 spiro atoms. The second kappa shape index (κ2) is 5.75. The number of imidazole rings is 1. The molecule has 2 rings (SSSR count). The van der Waals surface area contributed by atoms with Crippen LogP contribution in [0.4, 0.5) is 0 Å². The Morgan fingerprint density at radius 1 is 1.58 bits per heavy atom. The Morgan fingerprint density at radius 2 is 2.32 bits per heavy atom. The van der Waals surface area contributed by atoms with Gasteiger partial charge < -0.3 is 9.67 Å². The number of carbonyl (C=O) groups is 1. The number of aryl methyl sites for hydroxylation is 2. The quantitative estimate of drug-likeness (QED) is 0.859. The van der Waals surface area contributed by atoms with Gasteiger partial charge in [-0.1, -0.05) is 11.8 Å². The molecule has 0 aromatic carbocycles. The minimum Gasteiger partial charge on any atom is -0.481 e. The van der Waals surface area contributed by atoms with Gasteiger partial charge in [0.15, 0.2) is 5.16 Å². The number of carboxylic acid groups (broad SMARTS) is 1. The van der Waals surface area contributed by atoms with Crippen molar-refractivity contribution >= 4 is 29.1 Å². The molecule has 2 aromatic heterocycles. The van der Waals surface area contributed by atoms with Crippen LogP contribution in [0.25, 0.3) is 0 Å². The van der Waals surface area contributed by atoms with Crippen LogP contribution in [0.15, 0.2) is 17.6 Å². The van der Waals surface area contributed by atoms with Crippen LogP contribution in [-0.2, 0) is 4.79 Å². The lowest BCUT2D eigenvalue weighted by molar-refractivity contribution is -0.133. The number of nitrogens with zero attached hydrogens (tertiary/aromatic N) is 3. The van der Waals surface area contributed by atoms with Crippen molar-refractivity contribution in [3.63, 3.8) is 0 Å². The summed E-state index contributed by atoms with van der Waals surface area (Å²) in [6.45, 7) is 5.97. The van der Waals surface area contributed by atoms with Crippen molar-refractivity contribution < 1.29 is 9.90 Å².